The second-order valence-electron chi connectivity index (χ2n) is 5.96. The van der Waals surface area contributed by atoms with E-state index in [0.29, 0.717) is 13.0 Å². The van der Waals surface area contributed by atoms with Crippen LogP contribution in [-0.2, 0) is 17.6 Å². The molecule has 1 aliphatic heterocycles. The number of fused-ring (bicyclic) bond motifs is 2. The zero-order chi connectivity index (χ0) is 15.1. The third kappa shape index (κ3) is 2.03. The molecule has 0 saturated heterocycles. The van der Waals surface area contributed by atoms with Crippen LogP contribution in [0.1, 0.15) is 23.0 Å². The van der Waals surface area contributed by atoms with Gasteiger partial charge in [-0.2, -0.15) is 0 Å². The second-order valence-corrected chi connectivity index (χ2v) is 5.96. The van der Waals surface area contributed by atoms with Crippen molar-refractivity contribution in [3.63, 3.8) is 0 Å². The molecule has 22 heavy (non-hydrogen) atoms. The Morgan fingerprint density at radius 2 is 2.09 bits per heavy atom. The lowest BCUT2D eigenvalue weighted by atomic mass is 10.0. The van der Waals surface area contributed by atoms with Gasteiger partial charge in [-0.25, -0.2) is 0 Å². The molecule has 4 nitrogen and oxygen atoms in total. The molecule has 1 aliphatic rings. The molecule has 3 heterocycles. The minimum atomic E-state index is -0.174. The first-order valence-electron chi connectivity index (χ1n) is 7.73. The fourth-order valence-electron chi connectivity index (χ4n) is 3.50. The number of nitrogens with zero attached hydrogens (tertiary/aromatic N) is 1. The highest BCUT2D eigenvalue weighted by atomic mass is 16.2. The maximum atomic E-state index is 12.5. The summed E-state index contributed by atoms with van der Waals surface area (Å²) < 4.78 is 2.20. The fourth-order valence-corrected chi connectivity index (χ4v) is 3.50. The largest absolute Gasteiger partial charge is 0.361 e. The molecule has 1 unspecified atom stereocenters. The summed E-state index contributed by atoms with van der Waals surface area (Å²) in [6.07, 6.45) is 3.63. The quantitative estimate of drug-likeness (QED) is 0.750. The maximum absolute atomic E-state index is 12.5. The number of amides is 1. The summed E-state index contributed by atoms with van der Waals surface area (Å²) >= 11 is 0. The van der Waals surface area contributed by atoms with Gasteiger partial charge in [-0.05, 0) is 30.7 Å². The van der Waals surface area contributed by atoms with Crippen LogP contribution >= 0.6 is 0 Å². The third-order valence-electron chi connectivity index (χ3n) is 4.59. The van der Waals surface area contributed by atoms with E-state index in [1.54, 1.807) is 0 Å². The van der Waals surface area contributed by atoms with Crippen molar-refractivity contribution >= 4 is 16.8 Å². The maximum Gasteiger partial charge on any atom is 0.243 e. The van der Waals surface area contributed by atoms with Crippen molar-refractivity contribution in [1.82, 2.24) is 14.9 Å². The van der Waals surface area contributed by atoms with E-state index in [4.69, 9.17) is 0 Å². The van der Waals surface area contributed by atoms with Crippen molar-refractivity contribution in [3.05, 3.63) is 59.5 Å². The van der Waals surface area contributed by atoms with E-state index in [1.807, 2.05) is 18.3 Å². The highest BCUT2D eigenvalue weighted by molar-refractivity contribution is 5.85. The van der Waals surface area contributed by atoms with Crippen molar-refractivity contribution in [2.24, 2.45) is 0 Å². The molecule has 0 spiro atoms. The first-order valence-corrected chi connectivity index (χ1v) is 7.73. The van der Waals surface area contributed by atoms with Crippen molar-refractivity contribution in [1.29, 1.82) is 0 Å². The van der Waals surface area contributed by atoms with E-state index in [0.717, 1.165) is 17.6 Å². The minimum absolute atomic E-state index is 0.114. The zero-order valence-electron chi connectivity index (χ0n) is 12.6. The normalized spacial score (nSPS) is 18.0. The van der Waals surface area contributed by atoms with Gasteiger partial charge in [-0.3, -0.25) is 4.79 Å². The van der Waals surface area contributed by atoms with Crippen LogP contribution in [-0.4, -0.2) is 22.0 Å². The number of aromatic nitrogens is 2. The SMILES string of the molecule is Cc1ccc2n1C(Cc1c[nH]c3ccccc13)C(=O)NCC2. The number of carbonyl (C=O) groups is 1. The highest BCUT2D eigenvalue weighted by Crippen LogP contribution is 2.27. The van der Waals surface area contributed by atoms with Gasteiger partial charge in [-0.1, -0.05) is 18.2 Å². The summed E-state index contributed by atoms with van der Waals surface area (Å²) in [6.45, 7) is 2.79. The molecule has 0 saturated carbocycles. The number of hydrogen-bond donors (Lipinski definition) is 2. The van der Waals surface area contributed by atoms with Gasteiger partial charge in [0.2, 0.25) is 5.91 Å². The van der Waals surface area contributed by atoms with E-state index >= 15 is 0 Å². The lowest BCUT2D eigenvalue weighted by Crippen LogP contribution is -2.32. The molecule has 112 valence electrons. The van der Waals surface area contributed by atoms with Crippen molar-refractivity contribution in [2.45, 2.75) is 25.8 Å². The number of hydrogen-bond acceptors (Lipinski definition) is 1. The predicted octanol–water partition coefficient (Wildman–Crippen LogP) is 2.73. The molecule has 1 aromatic carbocycles. The molecule has 1 atom stereocenters. The van der Waals surface area contributed by atoms with Crippen molar-refractivity contribution < 1.29 is 4.79 Å². The van der Waals surface area contributed by atoms with Crippen molar-refractivity contribution in [3.8, 4) is 0 Å². The summed E-state index contributed by atoms with van der Waals surface area (Å²) in [7, 11) is 0. The Bertz CT molecular complexity index is 843. The van der Waals surface area contributed by atoms with Gasteiger partial charge < -0.3 is 14.9 Å². The lowest BCUT2D eigenvalue weighted by molar-refractivity contribution is -0.124. The van der Waals surface area contributed by atoms with Crippen LogP contribution in [0.15, 0.2) is 42.6 Å². The minimum Gasteiger partial charge on any atom is -0.361 e. The molecular weight excluding hydrogens is 274 g/mol. The Kier molecular flexibility index (Phi) is 3.03. The number of H-pyrrole nitrogens is 1. The van der Waals surface area contributed by atoms with E-state index in [2.05, 4.69) is 46.1 Å². The summed E-state index contributed by atoms with van der Waals surface area (Å²) in [5, 5.41) is 4.25. The Morgan fingerprint density at radius 1 is 1.23 bits per heavy atom. The number of rotatable bonds is 2. The van der Waals surface area contributed by atoms with Crippen LogP contribution in [0.5, 0.6) is 0 Å². The molecule has 4 rings (SSSR count). The van der Waals surface area contributed by atoms with E-state index in [9.17, 15) is 4.79 Å². The Balaban J connectivity index is 1.77. The van der Waals surface area contributed by atoms with Gasteiger partial charge in [0.05, 0.1) is 0 Å². The van der Waals surface area contributed by atoms with Crippen LogP contribution in [0.4, 0.5) is 0 Å². The number of aryl methyl sites for hydroxylation is 1. The molecule has 2 N–H and O–H groups in total. The summed E-state index contributed by atoms with van der Waals surface area (Å²) in [5.41, 5.74) is 4.70. The predicted molar refractivity (Wildman–Crippen MR) is 86.9 cm³/mol. The zero-order valence-corrected chi connectivity index (χ0v) is 12.6. The standard InChI is InChI=1S/C18H19N3O/c1-12-6-7-14-8-9-19-18(22)17(21(12)14)10-13-11-20-16-5-3-2-4-15(13)16/h2-7,11,17,20H,8-10H2,1H3,(H,19,22). The number of carbonyl (C=O) groups excluding carboxylic acids is 1. The van der Waals surface area contributed by atoms with Gasteiger partial charge in [0.25, 0.3) is 0 Å². The van der Waals surface area contributed by atoms with Crippen LogP contribution in [0.3, 0.4) is 0 Å². The Hall–Kier alpha value is -2.49. The molecule has 0 aliphatic carbocycles. The van der Waals surface area contributed by atoms with E-state index < -0.39 is 0 Å². The number of para-hydroxylation sites is 1. The molecule has 0 bridgehead atoms. The number of benzene rings is 1. The van der Waals surface area contributed by atoms with E-state index in [1.165, 1.54) is 16.6 Å². The smallest absolute Gasteiger partial charge is 0.243 e. The number of aromatic amines is 1. The summed E-state index contributed by atoms with van der Waals surface area (Å²) in [6, 6.07) is 12.3. The first kappa shape index (κ1) is 13.2. The fraction of sp³-hybridized carbons (Fsp3) is 0.278. The van der Waals surface area contributed by atoms with Gasteiger partial charge in [0, 0.05) is 47.9 Å². The molecule has 0 radical (unpaired) electrons. The van der Waals surface area contributed by atoms with Gasteiger partial charge in [-0.15, -0.1) is 0 Å². The third-order valence-corrected chi connectivity index (χ3v) is 4.59. The molecule has 0 fully saturated rings. The molecule has 3 aromatic rings. The topological polar surface area (TPSA) is 49.8 Å². The molecule has 4 heteroatoms. The van der Waals surface area contributed by atoms with Crippen LogP contribution in [0.25, 0.3) is 10.9 Å². The first-order chi connectivity index (χ1) is 10.7. The van der Waals surface area contributed by atoms with Gasteiger partial charge >= 0.3 is 0 Å². The molecular formula is C18H19N3O. The Morgan fingerprint density at radius 3 is 3.00 bits per heavy atom. The van der Waals surface area contributed by atoms with Gasteiger partial charge in [0.15, 0.2) is 0 Å². The van der Waals surface area contributed by atoms with Crippen LogP contribution in [0.2, 0.25) is 0 Å². The highest BCUT2D eigenvalue weighted by Gasteiger charge is 2.27. The van der Waals surface area contributed by atoms with Gasteiger partial charge in [0.1, 0.15) is 6.04 Å². The summed E-state index contributed by atoms with van der Waals surface area (Å²) in [5.74, 6) is 0.114. The molecule has 1 amide bonds. The van der Waals surface area contributed by atoms with Crippen LogP contribution in [0, 0.1) is 6.92 Å². The average molecular weight is 293 g/mol. The van der Waals surface area contributed by atoms with E-state index in [-0.39, 0.29) is 11.9 Å². The monoisotopic (exact) mass is 293 g/mol. The average Bonchev–Trinajstić information content (AvgIpc) is 3.04. The summed E-state index contributed by atoms with van der Waals surface area (Å²) in [4.78, 5) is 15.8. The second kappa shape index (κ2) is 5.05. The number of nitrogens with one attached hydrogen (secondary N) is 2. The Labute approximate surface area is 129 Å². The van der Waals surface area contributed by atoms with Crippen LogP contribution < -0.4 is 5.32 Å². The lowest BCUT2D eigenvalue weighted by Gasteiger charge is -2.19. The van der Waals surface area contributed by atoms with Crippen molar-refractivity contribution in [2.75, 3.05) is 6.54 Å². The molecule has 2 aromatic heterocycles.